The molecule has 0 radical (unpaired) electrons. The predicted molar refractivity (Wildman–Crippen MR) is 326 cm³/mol. The Balaban J connectivity index is 3.39. The minimum Gasteiger partial charge on any atom is -0.463 e. The van der Waals surface area contributed by atoms with Crippen molar-refractivity contribution >= 4 is 11.9 Å². The number of hydrogen-bond acceptors (Lipinski definition) is 6. The first-order valence-electron chi connectivity index (χ1n) is 33.7. The predicted octanol–water partition coefficient (Wildman–Crippen LogP) is 20.3. The number of allylic oxidation sites excluding steroid dienone is 3. The molecule has 0 spiro atoms. The van der Waals surface area contributed by atoms with E-state index < -0.39 is 18.2 Å². The highest BCUT2D eigenvalue weighted by atomic mass is 16.5. The molecule has 0 rings (SSSR count). The largest absolute Gasteiger partial charge is 0.463 e. The lowest BCUT2D eigenvalue weighted by molar-refractivity contribution is -0.137. The fraction of sp³-hybridized carbons (Fsp3) is 0.912. The van der Waals surface area contributed by atoms with Gasteiger partial charge in [0.15, 0.2) is 0 Å². The summed E-state index contributed by atoms with van der Waals surface area (Å²) >= 11 is 0. The summed E-state index contributed by atoms with van der Waals surface area (Å²) in [6.45, 7) is 4.72. The van der Waals surface area contributed by atoms with Gasteiger partial charge in [-0.05, 0) is 32.1 Å². The number of unbranched alkanes of at least 4 members (excludes halogenated alkanes) is 50. The van der Waals surface area contributed by atoms with E-state index >= 15 is 0 Å². The van der Waals surface area contributed by atoms with Crippen molar-refractivity contribution in [3.8, 4) is 0 Å². The summed E-state index contributed by atoms with van der Waals surface area (Å²) in [5.74, 6) is -0.355. The maximum Gasteiger partial charge on any atom is 0.330 e. The molecule has 7 nitrogen and oxygen atoms in total. The van der Waals surface area contributed by atoms with Crippen molar-refractivity contribution < 1.29 is 29.6 Å². The van der Waals surface area contributed by atoms with Crippen molar-refractivity contribution in [3.05, 3.63) is 24.3 Å². The summed E-state index contributed by atoms with van der Waals surface area (Å²) in [7, 11) is 0. The molecule has 0 saturated heterocycles. The van der Waals surface area contributed by atoms with E-state index in [0.29, 0.717) is 19.4 Å². The second kappa shape index (κ2) is 63.1. The third kappa shape index (κ3) is 58.3. The van der Waals surface area contributed by atoms with Gasteiger partial charge in [-0.25, -0.2) is 4.79 Å². The number of ether oxygens (including phenoxy) is 1. The molecule has 7 heteroatoms. The molecule has 4 N–H and O–H groups in total. The lowest BCUT2D eigenvalue weighted by Crippen LogP contribution is -2.50. The Kier molecular flexibility index (Phi) is 61.7. The van der Waals surface area contributed by atoms with E-state index in [1.54, 1.807) is 6.08 Å². The molecule has 0 aromatic rings. The average molecular weight is 1060 g/mol. The van der Waals surface area contributed by atoms with Crippen LogP contribution >= 0.6 is 0 Å². The molecule has 0 aliphatic heterocycles. The van der Waals surface area contributed by atoms with E-state index in [-0.39, 0.29) is 18.5 Å². The second-order valence-electron chi connectivity index (χ2n) is 23.4. The van der Waals surface area contributed by atoms with Gasteiger partial charge >= 0.3 is 5.97 Å². The molecule has 444 valence electrons. The second-order valence-corrected chi connectivity index (χ2v) is 23.4. The third-order valence-electron chi connectivity index (χ3n) is 15.9. The summed E-state index contributed by atoms with van der Waals surface area (Å²) < 4.78 is 5.38. The van der Waals surface area contributed by atoms with Gasteiger partial charge in [0, 0.05) is 12.5 Å². The summed E-state index contributed by atoms with van der Waals surface area (Å²) in [6.07, 6.45) is 75.8. The van der Waals surface area contributed by atoms with Crippen LogP contribution in [0.5, 0.6) is 0 Å². The smallest absolute Gasteiger partial charge is 0.330 e. The minimum absolute atomic E-state index is 0.144. The molecule has 0 heterocycles. The van der Waals surface area contributed by atoms with Crippen molar-refractivity contribution in [2.75, 3.05) is 13.2 Å². The van der Waals surface area contributed by atoms with Gasteiger partial charge in [-0.15, -0.1) is 0 Å². The Morgan fingerprint density at radius 1 is 0.400 bits per heavy atom. The first-order chi connectivity index (χ1) is 37.0. The molecule has 75 heavy (non-hydrogen) atoms. The van der Waals surface area contributed by atoms with Gasteiger partial charge in [0.25, 0.3) is 0 Å². The van der Waals surface area contributed by atoms with Crippen LogP contribution in [0.1, 0.15) is 367 Å². The van der Waals surface area contributed by atoms with E-state index in [1.807, 2.05) is 12.2 Å². The molecule has 1 unspecified atom stereocenters. The zero-order valence-electron chi connectivity index (χ0n) is 50.4. The maximum atomic E-state index is 12.5. The number of nitrogens with one attached hydrogen (secondary N) is 1. The van der Waals surface area contributed by atoms with Crippen LogP contribution < -0.4 is 5.32 Å². The average Bonchev–Trinajstić information content (AvgIpc) is 3.41. The lowest BCUT2D eigenvalue weighted by atomic mass is 9.99. The number of rotatable bonds is 63. The van der Waals surface area contributed by atoms with E-state index in [4.69, 9.17) is 4.74 Å². The standard InChI is InChI=1S/C68H131NO6/c1-3-5-7-9-11-13-15-17-33-37-41-45-49-53-57-61-67(73)75-62-58-54-50-46-42-38-35-32-30-28-26-24-22-20-18-19-21-23-25-27-29-31-34-36-40-44-48-52-56-60-66(72)69-64(63-70)68(74)65(71)59-55-51-47-43-39-16-14-12-10-8-6-4-2/h49,53,57,61,64-65,68,70-71,74H,3-48,50-52,54-56,58-60,62-63H2,1-2H3,(H,69,72)/t64-,65?,68+/m1/s1. The van der Waals surface area contributed by atoms with Gasteiger partial charge in [0.2, 0.25) is 5.91 Å². The van der Waals surface area contributed by atoms with Crippen molar-refractivity contribution in [3.63, 3.8) is 0 Å². The Morgan fingerprint density at radius 3 is 1.05 bits per heavy atom. The van der Waals surface area contributed by atoms with Crippen molar-refractivity contribution in [2.45, 2.75) is 385 Å². The van der Waals surface area contributed by atoms with Crippen LogP contribution in [0.25, 0.3) is 0 Å². The molecule has 0 aromatic heterocycles. The first kappa shape index (κ1) is 73.3. The van der Waals surface area contributed by atoms with E-state index in [0.717, 1.165) is 57.8 Å². The summed E-state index contributed by atoms with van der Waals surface area (Å²) in [4.78, 5) is 24.5. The van der Waals surface area contributed by atoms with Gasteiger partial charge in [-0.2, -0.15) is 0 Å². The van der Waals surface area contributed by atoms with Crippen LogP contribution in [-0.2, 0) is 14.3 Å². The number of esters is 1. The molecular weight excluding hydrogens is 927 g/mol. The first-order valence-corrected chi connectivity index (χ1v) is 33.7. The fourth-order valence-corrected chi connectivity index (χ4v) is 10.8. The van der Waals surface area contributed by atoms with Gasteiger partial charge in [-0.1, -0.05) is 347 Å². The van der Waals surface area contributed by atoms with Gasteiger partial charge in [-0.3, -0.25) is 4.79 Å². The summed E-state index contributed by atoms with van der Waals surface area (Å²) in [6, 6.07) is -0.811. The Bertz CT molecular complexity index is 1190. The van der Waals surface area contributed by atoms with Crippen molar-refractivity contribution in [1.29, 1.82) is 0 Å². The van der Waals surface area contributed by atoms with E-state index in [9.17, 15) is 24.9 Å². The van der Waals surface area contributed by atoms with E-state index in [2.05, 4.69) is 25.2 Å². The highest BCUT2D eigenvalue weighted by Crippen LogP contribution is 2.19. The molecule has 0 aliphatic rings. The summed E-state index contributed by atoms with van der Waals surface area (Å²) in [5.41, 5.74) is 0. The van der Waals surface area contributed by atoms with Gasteiger partial charge in [0.1, 0.15) is 6.10 Å². The number of aliphatic hydroxyl groups is 3. The Morgan fingerprint density at radius 2 is 0.707 bits per heavy atom. The minimum atomic E-state index is -1.14. The molecule has 0 aromatic carbocycles. The van der Waals surface area contributed by atoms with Crippen molar-refractivity contribution in [1.82, 2.24) is 5.32 Å². The topological polar surface area (TPSA) is 116 Å². The third-order valence-corrected chi connectivity index (χ3v) is 15.9. The molecule has 3 atom stereocenters. The van der Waals surface area contributed by atoms with Crippen LogP contribution in [0.2, 0.25) is 0 Å². The van der Waals surface area contributed by atoms with Gasteiger partial charge in [0.05, 0.1) is 25.4 Å². The number of carbonyl (C=O) groups excluding carboxylic acids is 2. The number of hydrogen-bond donors (Lipinski definition) is 4. The molecular formula is C68H131NO6. The quantitative estimate of drug-likeness (QED) is 0.0209. The Labute approximate surface area is 467 Å². The molecule has 0 bridgehead atoms. The van der Waals surface area contributed by atoms with Crippen LogP contribution in [0, 0.1) is 0 Å². The lowest BCUT2D eigenvalue weighted by Gasteiger charge is -2.26. The van der Waals surface area contributed by atoms with E-state index in [1.165, 1.54) is 283 Å². The zero-order chi connectivity index (χ0) is 54.4. The summed E-state index contributed by atoms with van der Waals surface area (Å²) in [5, 5.41) is 33.7. The Hall–Kier alpha value is -1.70. The molecule has 1 amide bonds. The normalized spacial score (nSPS) is 13.1. The zero-order valence-corrected chi connectivity index (χ0v) is 50.4. The number of carbonyl (C=O) groups is 2. The fourth-order valence-electron chi connectivity index (χ4n) is 10.8. The molecule has 0 saturated carbocycles. The van der Waals surface area contributed by atoms with Crippen LogP contribution in [0.4, 0.5) is 0 Å². The maximum absolute atomic E-state index is 12.5. The SMILES string of the molecule is CCCCCCCCCCCCCC=CC=CC(=O)OCCCCCCCCCCCCCCCCCCCCCCCCCCCCCCCC(=O)N[C@H](CO)[C@H](O)C(O)CCCCCCCCCCCCCC. The van der Waals surface area contributed by atoms with Crippen LogP contribution in [-0.4, -0.2) is 58.7 Å². The number of amides is 1. The van der Waals surface area contributed by atoms with Gasteiger partial charge < -0.3 is 25.4 Å². The van der Waals surface area contributed by atoms with Crippen LogP contribution in [0.15, 0.2) is 24.3 Å². The van der Waals surface area contributed by atoms with Crippen LogP contribution in [0.3, 0.4) is 0 Å². The highest BCUT2D eigenvalue weighted by molar-refractivity contribution is 5.82. The molecule has 0 aliphatic carbocycles. The molecule has 0 fully saturated rings. The number of aliphatic hydroxyl groups excluding tert-OH is 3. The van der Waals surface area contributed by atoms with Crippen molar-refractivity contribution in [2.24, 2.45) is 0 Å². The highest BCUT2D eigenvalue weighted by Gasteiger charge is 2.27. The monoisotopic (exact) mass is 1060 g/mol.